The van der Waals surface area contributed by atoms with E-state index >= 15 is 0 Å². The number of fused-ring (bicyclic) bond motifs is 1. The summed E-state index contributed by atoms with van der Waals surface area (Å²) in [4.78, 5) is 10.6. The maximum Gasteiger partial charge on any atom is 0.148 e. The number of aryl methyl sites for hydroxylation is 1. The van der Waals surface area contributed by atoms with Gasteiger partial charge < -0.3 is 5.11 Å². The van der Waals surface area contributed by atoms with Crippen molar-refractivity contribution in [3.8, 4) is 78.6 Å². The number of benzene rings is 8. The molecule has 0 unspecified atom stereocenters. The second kappa shape index (κ2) is 19.5. The Morgan fingerprint density at radius 3 is 1.90 bits per heavy atom. The van der Waals surface area contributed by atoms with E-state index in [4.69, 9.17) is 14.1 Å². The van der Waals surface area contributed by atoms with Gasteiger partial charge in [0.2, 0.25) is 0 Å². The van der Waals surface area contributed by atoms with Gasteiger partial charge in [-0.15, -0.1) is 23.8 Å². The number of phenols is 1. The summed E-state index contributed by atoms with van der Waals surface area (Å²) in [6.07, 6.45) is 1.70. The molecule has 2 aromatic heterocycles. The summed E-state index contributed by atoms with van der Waals surface area (Å²) in [5, 5.41) is 12.3. The molecule has 0 bridgehead atoms. The number of phenolic OH excluding ortho intramolecular Hbond substituents is 1. The van der Waals surface area contributed by atoms with Crippen LogP contribution in [0.2, 0.25) is 0 Å². The Morgan fingerprint density at radius 2 is 1.19 bits per heavy atom. The van der Waals surface area contributed by atoms with Gasteiger partial charge in [-0.1, -0.05) is 216 Å². The van der Waals surface area contributed by atoms with E-state index in [0.717, 1.165) is 72.4 Å². The second-order valence-corrected chi connectivity index (χ2v) is 18.9. The predicted molar refractivity (Wildman–Crippen MR) is 283 cm³/mol. The monoisotopic (exact) mass is 1080 g/mol. The van der Waals surface area contributed by atoms with Crippen LogP contribution in [0, 0.1) is 12.9 Å². The van der Waals surface area contributed by atoms with Crippen molar-refractivity contribution in [3.05, 3.63) is 228 Å². The zero-order valence-corrected chi connectivity index (χ0v) is 42.0. The minimum absolute atomic E-state index is 0. The van der Waals surface area contributed by atoms with E-state index in [2.05, 4.69) is 149 Å². The van der Waals surface area contributed by atoms with Gasteiger partial charge in [0.1, 0.15) is 11.6 Å². The summed E-state index contributed by atoms with van der Waals surface area (Å²) in [5.74, 6) is 1.10. The fraction of sp³-hybridized carbons (Fsp3) is 0.156. The first-order valence-electron chi connectivity index (χ1n) is 25.0. The van der Waals surface area contributed by atoms with E-state index in [0.29, 0.717) is 28.2 Å². The Bertz CT molecular complexity index is 3560. The quantitative estimate of drug-likeness (QED) is 0.131. The minimum atomic E-state index is -2.45. The Balaban J connectivity index is 0.00000640. The van der Waals surface area contributed by atoms with Gasteiger partial charge in [0.05, 0.1) is 22.3 Å². The molecule has 0 aliphatic rings. The number of imidazole rings is 1. The second-order valence-electron chi connectivity index (χ2n) is 18.9. The first kappa shape index (κ1) is 43.2. The van der Waals surface area contributed by atoms with Crippen LogP contribution in [0.15, 0.2) is 194 Å². The molecule has 0 radical (unpaired) electrons. The SMILES string of the molecule is [2H]C([2H])([2H])c1cc(-c2[c-]c(-c3cccc4c3nc(-c3cc(C(C)C)cc(C(C)C)c3O)n4-c3ccccc3-c3ccccc3)cc(-c3ccccc3)c2)ncc1-c1cccc(C(C)(C)c2ccccc2)c1.[Pt]. The molecule has 0 amide bonds. The number of nitrogens with zero attached hydrogens (tertiary/aromatic N) is 3. The van der Waals surface area contributed by atoms with E-state index in [-0.39, 0.29) is 49.6 Å². The topological polar surface area (TPSA) is 50.9 Å². The number of aromatic nitrogens is 3. The summed E-state index contributed by atoms with van der Waals surface area (Å²) in [6.45, 7) is 10.5. The van der Waals surface area contributed by atoms with Crippen LogP contribution in [0.4, 0.5) is 0 Å². The number of hydrogen-bond donors (Lipinski definition) is 1. The van der Waals surface area contributed by atoms with Crippen molar-refractivity contribution in [1.29, 1.82) is 0 Å². The third-order valence-corrected chi connectivity index (χ3v) is 13.4. The zero-order valence-electron chi connectivity index (χ0n) is 42.7. The van der Waals surface area contributed by atoms with Gasteiger partial charge >= 0.3 is 0 Å². The van der Waals surface area contributed by atoms with Gasteiger partial charge in [-0.2, -0.15) is 0 Å². The minimum Gasteiger partial charge on any atom is -0.507 e. The van der Waals surface area contributed by atoms with Crippen molar-refractivity contribution < 1.29 is 30.3 Å². The molecule has 0 aliphatic carbocycles. The Morgan fingerprint density at radius 1 is 0.565 bits per heavy atom. The smallest absolute Gasteiger partial charge is 0.148 e. The molecule has 0 fully saturated rings. The van der Waals surface area contributed by atoms with Crippen LogP contribution in [-0.4, -0.2) is 19.6 Å². The molecule has 0 saturated heterocycles. The normalized spacial score (nSPS) is 12.4. The zero-order chi connectivity index (χ0) is 49.6. The van der Waals surface area contributed by atoms with E-state index in [9.17, 15) is 5.11 Å². The van der Waals surface area contributed by atoms with Crippen LogP contribution in [0.1, 0.15) is 85.3 Å². The number of rotatable bonds is 11. The van der Waals surface area contributed by atoms with E-state index in [1.165, 1.54) is 5.56 Å². The molecule has 0 atom stereocenters. The largest absolute Gasteiger partial charge is 0.507 e. The average molecular weight is 1080 g/mol. The molecule has 10 rings (SSSR count). The van der Waals surface area contributed by atoms with Crippen molar-refractivity contribution in [2.45, 2.75) is 65.6 Å². The number of pyridine rings is 1. The number of hydrogen-bond acceptors (Lipinski definition) is 3. The first-order chi connectivity index (χ1) is 34.2. The molecule has 5 heteroatoms. The van der Waals surface area contributed by atoms with Gasteiger partial charge in [0.25, 0.3) is 0 Å². The van der Waals surface area contributed by atoms with Crippen LogP contribution < -0.4 is 0 Å². The molecule has 1 N–H and O–H groups in total. The number of para-hydroxylation sites is 2. The third kappa shape index (κ3) is 9.03. The molecular weight excluding hydrogens is 1020 g/mol. The van der Waals surface area contributed by atoms with Crippen molar-refractivity contribution in [1.82, 2.24) is 14.5 Å². The van der Waals surface area contributed by atoms with Crippen molar-refractivity contribution in [2.75, 3.05) is 0 Å². The molecular formula is C64H56N3OPt-. The maximum atomic E-state index is 12.3. The molecule has 69 heavy (non-hydrogen) atoms. The average Bonchev–Trinajstić information content (AvgIpc) is 3.78. The number of aromatic hydroxyl groups is 1. The summed E-state index contributed by atoms with van der Waals surface area (Å²) >= 11 is 0. The fourth-order valence-corrected chi connectivity index (χ4v) is 9.48. The fourth-order valence-electron chi connectivity index (χ4n) is 9.48. The summed E-state index contributed by atoms with van der Waals surface area (Å²) < 4.78 is 28.8. The molecule has 344 valence electrons. The van der Waals surface area contributed by atoms with Crippen molar-refractivity contribution in [3.63, 3.8) is 0 Å². The van der Waals surface area contributed by atoms with Gasteiger partial charge in [-0.3, -0.25) is 9.55 Å². The van der Waals surface area contributed by atoms with E-state index in [1.54, 1.807) is 12.3 Å². The van der Waals surface area contributed by atoms with E-state index in [1.807, 2.05) is 84.9 Å². The van der Waals surface area contributed by atoms with Gasteiger partial charge in [-0.05, 0) is 81.4 Å². The Labute approximate surface area is 425 Å². The van der Waals surface area contributed by atoms with Gasteiger partial charge in [0, 0.05) is 53.6 Å². The molecule has 4 nitrogen and oxygen atoms in total. The van der Waals surface area contributed by atoms with Crippen molar-refractivity contribution in [2.24, 2.45) is 0 Å². The summed E-state index contributed by atoms with van der Waals surface area (Å²) in [7, 11) is 0. The predicted octanol–water partition coefficient (Wildman–Crippen LogP) is 16.8. The van der Waals surface area contributed by atoms with Gasteiger partial charge in [-0.25, -0.2) is 4.98 Å². The summed E-state index contributed by atoms with van der Waals surface area (Å²) in [6, 6.07) is 67.4. The maximum absolute atomic E-state index is 12.3. The van der Waals surface area contributed by atoms with E-state index < -0.39 is 6.85 Å². The molecule has 2 heterocycles. The standard InChI is InChI=1S/C64H56N3O.Pt/c1-41(2)47-38-55(42(3)4)62(68)56(39-47)63-66-61-54(30-20-32-60(61)67(63)59-31-18-17-29-53(59)45-23-13-9-14-24-45)49-34-48(44-21-11-8-12-22-44)35-50(36-49)58-33-43(5)57(40-65-58)46-25-19-28-52(37-46)64(6,7)51-26-15-10-16-27-51;/h8-35,37-42,68H,1-7H3;/q-1;/i5D3;. The van der Waals surface area contributed by atoms with Crippen molar-refractivity contribution >= 4 is 11.0 Å². The van der Waals surface area contributed by atoms with Crippen LogP contribution in [0.5, 0.6) is 5.75 Å². The third-order valence-electron chi connectivity index (χ3n) is 13.4. The van der Waals surface area contributed by atoms with Crippen LogP contribution in [-0.2, 0) is 26.5 Å². The molecule has 10 aromatic rings. The summed E-state index contributed by atoms with van der Waals surface area (Å²) in [5.41, 5.74) is 15.3. The Hall–Kier alpha value is -7.13. The Kier molecular flexibility index (Phi) is 12.2. The van der Waals surface area contributed by atoms with Crippen LogP contribution >= 0.6 is 0 Å². The van der Waals surface area contributed by atoms with Crippen LogP contribution in [0.25, 0.3) is 83.9 Å². The molecule has 8 aromatic carbocycles. The van der Waals surface area contributed by atoms with Gasteiger partial charge in [0.15, 0.2) is 0 Å². The molecule has 0 saturated carbocycles. The van der Waals surface area contributed by atoms with Crippen LogP contribution in [0.3, 0.4) is 0 Å². The first-order valence-corrected chi connectivity index (χ1v) is 23.5. The molecule has 0 spiro atoms. The molecule has 0 aliphatic heterocycles.